The third-order valence-corrected chi connectivity index (χ3v) is 8.26. The Bertz CT molecular complexity index is 1560. The molecule has 0 aliphatic heterocycles. The molecule has 5 rings (SSSR count). The minimum absolute atomic E-state index is 0.272. The van der Waals surface area contributed by atoms with Crippen molar-refractivity contribution >= 4 is 63.2 Å². The SMILES string of the molecule is CCOC(=O)c1cc2ccccc2n1-c1ccc(N(CC)C2CCCCC2)c(NC(=O)Nc2ccc(Cl)c(Cl)c2)c1. The lowest BCUT2D eigenvalue weighted by molar-refractivity contribution is 0.0517. The predicted octanol–water partition coefficient (Wildman–Crippen LogP) is 8.92. The summed E-state index contributed by atoms with van der Waals surface area (Å²) in [6, 6.07) is 20.5. The number of carbonyl (C=O) groups excluding carboxylic acids is 2. The highest BCUT2D eigenvalue weighted by Crippen LogP contribution is 2.36. The molecule has 0 unspecified atom stereocenters. The smallest absolute Gasteiger partial charge is 0.355 e. The third-order valence-electron chi connectivity index (χ3n) is 7.52. The van der Waals surface area contributed by atoms with Crippen LogP contribution in [0, 0.1) is 0 Å². The van der Waals surface area contributed by atoms with E-state index in [2.05, 4.69) is 22.5 Å². The van der Waals surface area contributed by atoms with Crippen LogP contribution in [0.3, 0.4) is 0 Å². The van der Waals surface area contributed by atoms with Gasteiger partial charge in [0, 0.05) is 29.3 Å². The highest BCUT2D eigenvalue weighted by atomic mass is 35.5. The van der Waals surface area contributed by atoms with Crippen LogP contribution in [0.4, 0.5) is 21.9 Å². The van der Waals surface area contributed by atoms with Crippen LogP contribution in [0.15, 0.2) is 66.7 Å². The van der Waals surface area contributed by atoms with E-state index in [1.807, 2.05) is 53.1 Å². The summed E-state index contributed by atoms with van der Waals surface area (Å²) in [7, 11) is 0. The molecular weight excluding hydrogens is 559 g/mol. The molecule has 214 valence electrons. The average molecular weight is 594 g/mol. The van der Waals surface area contributed by atoms with Crippen molar-refractivity contribution < 1.29 is 14.3 Å². The Balaban J connectivity index is 1.58. The average Bonchev–Trinajstić information content (AvgIpc) is 3.37. The van der Waals surface area contributed by atoms with Gasteiger partial charge < -0.3 is 24.8 Å². The van der Waals surface area contributed by atoms with Gasteiger partial charge in [-0.3, -0.25) is 0 Å². The number of aromatic nitrogens is 1. The van der Waals surface area contributed by atoms with Crippen molar-refractivity contribution in [1.82, 2.24) is 4.57 Å². The van der Waals surface area contributed by atoms with Gasteiger partial charge in [-0.25, -0.2) is 9.59 Å². The first kappa shape index (κ1) is 28.8. The molecule has 0 bridgehead atoms. The second-order valence-electron chi connectivity index (χ2n) is 10.1. The molecule has 41 heavy (non-hydrogen) atoms. The molecule has 0 radical (unpaired) electrons. The van der Waals surface area contributed by atoms with Crippen LogP contribution >= 0.6 is 23.2 Å². The number of nitrogens with one attached hydrogen (secondary N) is 2. The molecule has 9 heteroatoms. The molecule has 2 amide bonds. The molecule has 1 aromatic heterocycles. The summed E-state index contributed by atoms with van der Waals surface area (Å²) in [4.78, 5) is 28.7. The quantitative estimate of drug-likeness (QED) is 0.200. The Morgan fingerprint density at radius 3 is 2.44 bits per heavy atom. The van der Waals surface area contributed by atoms with Gasteiger partial charge in [-0.1, -0.05) is 60.7 Å². The number of halogens is 2. The van der Waals surface area contributed by atoms with Gasteiger partial charge in [0.05, 0.1) is 33.5 Å². The molecule has 0 saturated heterocycles. The van der Waals surface area contributed by atoms with Gasteiger partial charge >= 0.3 is 12.0 Å². The zero-order valence-electron chi connectivity index (χ0n) is 23.3. The Morgan fingerprint density at radius 1 is 0.927 bits per heavy atom. The molecule has 4 aromatic rings. The molecule has 7 nitrogen and oxygen atoms in total. The Morgan fingerprint density at radius 2 is 1.71 bits per heavy atom. The fourth-order valence-electron chi connectivity index (χ4n) is 5.68. The number of para-hydroxylation sites is 1. The molecule has 0 atom stereocenters. The molecule has 2 N–H and O–H groups in total. The fourth-order valence-corrected chi connectivity index (χ4v) is 5.98. The first-order valence-corrected chi connectivity index (χ1v) is 14.9. The van der Waals surface area contributed by atoms with Gasteiger partial charge in [0.1, 0.15) is 5.69 Å². The number of hydrogen-bond donors (Lipinski definition) is 2. The summed E-state index contributed by atoms with van der Waals surface area (Å²) in [5.74, 6) is -0.406. The van der Waals surface area contributed by atoms with E-state index in [4.69, 9.17) is 27.9 Å². The highest BCUT2D eigenvalue weighted by molar-refractivity contribution is 6.42. The maximum atomic E-state index is 13.3. The van der Waals surface area contributed by atoms with E-state index in [9.17, 15) is 9.59 Å². The van der Waals surface area contributed by atoms with Gasteiger partial charge in [0.15, 0.2) is 0 Å². The van der Waals surface area contributed by atoms with Gasteiger partial charge in [-0.05, 0) is 75.2 Å². The number of rotatable bonds is 8. The number of urea groups is 1. The topological polar surface area (TPSA) is 75.6 Å². The third kappa shape index (κ3) is 6.31. The van der Waals surface area contributed by atoms with Crippen molar-refractivity contribution in [2.24, 2.45) is 0 Å². The first-order valence-electron chi connectivity index (χ1n) is 14.1. The number of anilines is 3. The largest absolute Gasteiger partial charge is 0.461 e. The van der Waals surface area contributed by atoms with Gasteiger partial charge in [-0.15, -0.1) is 0 Å². The van der Waals surface area contributed by atoms with E-state index in [1.54, 1.807) is 25.1 Å². The standard InChI is InChI=1S/C32H34Cl2N4O3/c1-3-37(23-11-6-5-7-12-23)29-17-15-24(20-27(29)36-32(40)35-22-14-16-25(33)26(34)19-22)38-28-13-9-8-10-21(28)18-30(38)31(39)41-4-2/h8-10,13-20,23H,3-7,11-12H2,1-2H3,(H2,35,36,40). The summed E-state index contributed by atoms with van der Waals surface area (Å²) in [5, 5.41) is 7.62. The summed E-state index contributed by atoms with van der Waals surface area (Å²) in [6.07, 6.45) is 5.86. The minimum atomic E-state index is -0.413. The normalized spacial score (nSPS) is 13.7. The van der Waals surface area contributed by atoms with E-state index in [0.29, 0.717) is 33.2 Å². The van der Waals surface area contributed by atoms with Crippen molar-refractivity contribution in [3.63, 3.8) is 0 Å². The molecule has 1 heterocycles. The fraction of sp³-hybridized carbons (Fsp3) is 0.312. The number of carbonyl (C=O) groups is 2. The number of benzene rings is 3. The number of hydrogen-bond acceptors (Lipinski definition) is 4. The maximum absolute atomic E-state index is 13.3. The second-order valence-corrected chi connectivity index (χ2v) is 10.9. The predicted molar refractivity (Wildman–Crippen MR) is 168 cm³/mol. The Hall–Kier alpha value is -3.68. The highest BCUT2D eigenvalue weighted by Gasteiger charge is 2.25. The lowest BCUT2D eigenvalue weighted by Gasteiger charge is -2.36. The monoisotopic (exact) mass is 592 g/mol. The number of esters is 1. The summed E-state index contributed by atoms with van der Waals surface area (Å²) < 4.78 is 7.27. The molecule has 1 fully saturated rings. The molecule has 3 aromatic carbocycles. The van der Waals surface area contributed by atoms with Crippen LogP contribution < -0.4 is 15.5 Å². The molecule has 0 spiro atoms. The van der Waals surface area contributed by atoms with Crippen molar-refractivity contribution in [3.8, 4) is 5.69 Å². The van der Waals surface area contributed by atoms with E-state index < -0.39 is 12.0 Å². The van der Waals surface area contributed by atoms with E-state index in [1.165, 1.54) is 19.3 Å². The molecular formula is C32H34Cl2N4O3. The van der Waals surface area contributed by atoms with Crippen LogP contribution in [0.2, 0.25) is 10.0 Å². The number of ether oxygens (including phenoxy) is 1. The van der Waals surface area contributed by atoms with Crippen molar-refractivity contribution in [1.29, 1.82) is 0 Å². The zero-order valence-corrected chi connectivity index (χ0v) is 24.8. The van der Waals surface area contributed by atoms with Crippen LogP contribution in [-0.4, -0.2) is 35.8 Å². The second kappa shape index (κ2) is 12.9. The Kier molecular flexibility index (Phi) is 9.06. The lowest BCUT2D eigenvalue weighted by atomic mass is 9.93. The summed E-state index contributed by atoms with van der Waals surface area (Å²) >= 11 is 12.2. The van der Waals surface area contributed by atoms with Crippen molar-refractivity contribution in [3.05, 3.63) is 82.5 Å². The zero-order chi connectivity index (χ0) is 28.9. The van der Waals surface area contributed by atoms with Crippen molar-refractivity contribution in [2.45, 2.75) is 52.0 Å². The van der Waals surface area contributed by atoms with Crippen molar-refractivity contribution in [2.75, 3.05) is 28.7 Å². The molecule has 1 saturated carbocycles. The first-order chi connectivity index (χ1) is 19.9. The van der Waals surface area contributed by atoms with E-state index >= 15 is 0 Å². The van der Waals surface area contributed by atoms with Crippen LogP contribution in [-0.2, 0) is 4.74 Å². The van der Waals surface area contributed by atoms with Gasteiger partial charge in [0.2, 0.25) is 0 Å². The van der Waals surface area contributed by atoms with Crippen LogP contribution in [0.25, 0.3) is 16.6 Å². The molecule has 1 aliphatic rings. The minimum Gasteiger partial charge on any atom is -0.461 e. The summed E-state index contributed by atoms with van der Waals surface area (Å²) in [5.41, 5.74) is 4.13. The van der Waals surface area contributed by atoms with E-state index in [0.717, 1.165) is 41.7 Å². The molecule has 1 aliphatic carbocycles. The van der Waals surface area contributed by atoms with E-state index in [-0.39, 0.29) is 6.61 Å². The van der Waals surface area contributed by atoms with Gasteiger partial charge in [0.25, 0.3) is 0 Å². The van der Waals surface area contributed by atoms with Gasteiger partial charge in [-0.2, -0.15) is 0 Å². The summed E-state index contributed by atoms with van der Waals surface area (Å²) in [6.45, 7) is 5.00. The Labute approximate surface area is 250 Å². The van der Waals surface area contributed by atoms with Crippen LogP contribution in [0.5, 0.6) is 0 Å². The number of fused-ring (bicyclic) bond motifs is 1. The number of amides is 2. The number of nitrogens with zero attached hydrogens (tertiary/aromatic N) is 2. The lowest BCUT2D eigenvalue weighted by Crippen LogP contribution is -2.37. The maximum Gasteiger partial charge on any atom is 0.355 e. The van der Waals surface area contributed by atoms with Crippen LogP contribution in [0.1, 0.15) is 56.4 Å².